The Kier molecular flexibility index (Phi) is 16.6. The highest BCUT2D eigenvalue weighted by atomic mass is 35.5. The van der Waals surface area contributed by atoms with Crippen molar-refractivity contribution in [3.05, 3.63) is 60.8 Å². The lowest BCUT2D eigenvalue weighted by molar-refractivity contribution is -0.107. The minimum Gasteiger partial charge on any atom is -0.276 e. The Morgan fingerprint density at radius 1 is 0.727 bits per heavy atom. The molecule has 0 heterocycles. The smallest absolute Gasteiger partial charge is 0.245 e. The van der Waals surface area contributed by atoms with E-state index in [-0.39, 0.29) is 0 Å². The summed E-state index contributed by atoms with van der Waals surface area (Å²) in [4.78, 5) is 10.4. The standard InChI is InChI=1S/C20H29ClO/c1-2-3-4-5-6-7-8-9-10-11-12-13-14-15-16-17-18-19-20(21)22/h10-19H,2-9H2,1H3. The Hall–Kier alpha value is -1.34. The minimum absolute atomic E-state index is 0.459. The molecule has 0 radical (unpaired) electrons. The molecule has 0 aromatic rings. The summed E-state index contributed by atoms with van der Waals surface area (Å²) in [6.07, 6.45) is 29.4. The van der Waals surface area contributed by atoms with Gasteiger partial charge in [0.2, 0.25) is 5.24 Å². The second kappa shape index (κ2) is 17.7. The van der Waals surface area contributed by atoms with Gasteiger partial charge in [-0.2, -0.15) is 0 Å². The minimum atomic E-state index is -0.459. The summed E-state index contributed by atoms with van der Waals surface area (Å²) >= 11 is 5.15. The summed E-state index contributed by atoms with van der Waals surface area (Å²) in [5.74, 6) is 0. The number of halogens is 1. The normalized spacial score (nSPS) is 12.8. The Bertz CT molecular complexity index is 400. The van der Waals surface area contributed by atoms with E-state index < -0.39 is 5.24 Å². The summed E-state index contributed by atoms with van der Waals surface area (Å²) in [5.41, 5.74) is 0. The maximum Gasteiger partial charge on any atom is 0.245 e. The van der Waals surface area contributed by atoms with Gasteiger partial charge in [0.25, 0.3) is 0 Å². The van der Waals surface area contributed by atoms with Gasteiger partial charge in [0.1, 0.15) is 0 Å². The van der Waals surface area contributed by atoms with Gasteiger partial charge in [-0.1, -0.05) is 100 Å². The Morgan fingerprint density at radius 2 is 1.23 bits per heavy atom. The van der Waals surface area contributed by atoms with Crippen LogP contribution in [0.3, 0.4) is 0 Å². The van der Waals surface area contributed by atoms with Crippen LogP contribution >= 0.6 is 11.6 Å². The molecular formula is C20H29ClO. The zero-order chi connectivity index (χ0) is 16.3. The molecule has 0 aliphatic carbocycles. The first kappa shape index (κ1) is 20.7. The van der Waals surface area contributed by atoms with Gasteiger partial charge < -0.3 is 0 Å². The molecule has 0 N–H and O–H groups in total. The van der Waals surface area contributed by atoms with E-state index in [0.29, 0.717) is 0 Å². The number of carbonyl (C=O) groups excluding carboxylic acids is 1. The molecule has 0 saturated carbocycles. The van der Waals surface area contributed by atoms with Gasteiger partial charge in [0, 0.05) is 0 Å². The van der Waals surface area contributed by atoms with Crippen LogP contribution < -0.4 is 0 Å². The fourth-order valence-electron chi connectivity index (χ4n) is 1.91. The topological polar surface area (TPSA) is 17.1 Å². The van der Waals surface area contributed by atoms with Crippen molar-refractivity contribution in [1.29, 1.82) is 0 Å². The van der Waals surface area contributed by atoms with Crippen molar-refractivity contribution < 1.29 is 4.79 Å². The third kappa shape index (κ3) is 18.7. The number of hydrogen-bond donors (Lipinski definition) is 0. The zero-order valence-electron chi connectivity index (χ0n) is 13.7. The summed E-state index contributed by atoms with van der Waals surface area (Å²) < 4.78 is 0. The Balaban J connectivity index is 3.50. The number of carbonyl (C=O) groups is 1. The van der Waals surface area contributed by atoms with Crippen molar-refractivity contribution in [3.8, 4) is 0 Å². The first-order valence-electron chi connectivity index (χ1n) is 8.30. The number of unbranched alkanes of at least 4 members (excludes halogenated alkanes) is 7. The Morgan fingerprint density at radius 3 is 1.82 bits per heavy atom. The van der Waals surface area contributed by atoms with Gasteiger partial charge in [-0.25, -0.2) is 0 Å². The highest BCUT2D eigenvalue weighted by Gasteiger charge is 1.88. The average Bonchev–Trinajstić information content (AvgIpc) is 2.50. The van der Waals surface area contributed by atoms with Crippen LogP contribution in [-0.2, 0) is 4.79 Å². The molecule has 0 aromatic heterocycles. The maximum atomic E-state index is 10.4. The predicted molar refractivity (Wildman–Crippen MR) is 99.2 cm³/mol. The van der Waals surface area contributed by atoms with E-state index in [4.69, 9.17) is 11.6 Å². The quantitative estimate of drug-likeness (QED) is 0.160. The lowest BCUT2D eigenvalue weighted by Gasteiger charge is -1.98. The summed E-state index contributed by atoms with van der Waals surface area (Å²) in [7, 11) is 0. The van der Waals surface area contributed by atoms with Crippen LogP contribution in [0.15, 0.2) is 60.8 Å². The number of rotatable bonds is 13. The predicted octanol–water partition coefficient (Wildman–Crippen LogP) is 6.67. The summed E-state index contributed by atoms with van der Waals surface area (Å²) in [6, 6.07) is 0. The number of hydrogen-bond acceptors (Lipinski definition) is 1. The largest absolute Gasteiger partial charge is 0.276 e. The van der Waals surface area contributed by atoms with Crippen LogP contribution in [0, 0.1) is 0 Å². The monoisotopic (exact) mass is 320 g/mol. The van der Waals surface area contributed by atoms with Gasteiger partial charge >= 0.3 is 0 Å². The Labute approximate surface area is 141 Å². The number of allylic oxidation sites excluding steroid dienone is 10. The molecule has 0 saturated heterocycles. The molecular weight excluding hydrogens is 292 g/mol. The van der Waals surface area contributed by atoms with Crippen molar-refractivity contribution in [2.75, 3.05) is 0 Å². The van der Waals surface area contributed by atoms with Crippen molar-refractivity contribution in [2.24, 2.45) is 0 Å². The molecule has 0 amide bonds. The fraction of sp³-hybridized carbons (Fsp3) is 0.450. The van der Waals surface area contributed by atoms with Gasteiger partial charge in [-0.15, -0.1) is 0 Å². The zero-order valence-corrected chi connectivity index (χ0v) is 14.5. The molecule has 0 atom stereocenters. The molecule has 122 valence electrons. The van der Waals surface area contributed by atoms with E-state index in [1.54, 1.807) is 12.2 Å². The van der Waals surface area contributed by atoms with Crippen molar-refractivity contribution in [2.45, 2.75) is 58.3 Å². The SMILES string of the molecule is CCCCCCCCCC=CC=CC=CC=CC=CC(=O)Cl. The first-order chi connectivity index (χ1) is 10.8. The molecule has 0 rings (SSSR count). The highest BCUT2D eigenvalue weighted by Crippen LogP contribution is 2.08. The van der Waals surface area contributed by atoms with Crippen molar-refractivity contribution in [3.63, 3.8) is 0 Å². The van der Waals surface area contributed by atoms with Crippen LogP contribution in [0.1, 0.15) is 58.3 Å². The highest BCUT2D eigenvalue weighted by molar-refractivity contribution is 6.66. The van der Waals surface area contributed by atoms with Crippen molar-refractivity contribution >= 4 is 16.8 Å². The molecule has 0 aliphatic rings. The second-order valence-corrected chi connectivity index (χ2v) is 5.53. The van der Waals surface area contributed by atoms with E-state index in [9.17, 15) is 4.79 Å². The fourth-order valence-corrected chi connectivity index (χ4v) is 1.98. The molecule has 0 fully saturated rings. The lowest BCUT2D eigenvalue weighted by Crippen LogP contribution is -1.78. The van der Waals surface area contributed by atoms with Crippen LogP contribution in [-0.4, -0.2) is 5.24 Å². The third-order valence-electron chi connectivity index (χ3n) is 3.12. The molecule has 0 aromatic carbocycles. The van der Waals surface area contributed by atoms with Gasteiger partial charge in [-0.3, -0.25) is 4.79 Å². The second-order valence-electron chi connectivity index (χ2n) is 5.16. The van der Waals surface area contributed by atoms with Crippen LogP contribution in [0.5, 0.6) is 0 Å². The molecule has 2 heteroatoms. The third-order valence-corrected chi connectivity index (χ3v) is 3.24. The lowest BCUT2D eigenvalue weighted by atomic mass is 10.1. The van der Waals surface area contributed by atoms with E-state index >= 15 is 0 Å². The van der Waals surface area contributed by atoms with Crippen molar-refractivity contribution in [1.82, 2.24) is 0 Å². The molecule has 0 aliphatic heterocycles. The van der Waals surface area contributed by atoms with E-state index in [2.05, 4.69) is 19.1 Å². The first-order valence-corrected chi connectivity index (χ1v) is 8.68. The molecule has 0 unspecified atom stereocenters. The van der Waals surface area contributed by atoms with Gasteiger partial charge in [0.05, 0.1) is 0 Å². The van der Waals surface area contributed by atoms with Crippen LogP contribution in [0.25, 0.3) is 0 Å². The summed E-state index contributed by atoms with van der Waals surface area (Å²) in [5, 5.41) is -0.459. The van der Waals surface area contributed by atoms with E-state index in [1.165, 1.54) is 57.4 Å². The van der Waals surface area contributed by atoms with Crippen LogP contribution in [0.2, 0.25) is 0 Å². The van der Waals surface area contributed by atoms with Gasteiger partial charge in [0.15, 0.2) is 0 Å². The molecule has 0 spiro atoms. The molecule has 0 bridgehead atoms. The average molecular weight is 321 g/mol. The van der Waals surface area contributed by atoms with Crippen LogP contribution in [0.4, 0.5) is 0 Å². The van der Waals surface area contributed by atoms with E-state index in [0.717, 1.165) is 0 Å². The molecule has 1 nitrogen and oxygen atoms in total. The molecule has 22 heavy (non-hydrogen) atoms. The van der Waals surface area contributed by atoms with Gasteiger partial charge in [-0.05, 0) is 30.5 Å². The maximum absolute atomic E-state index is 10.4. The summed E-state index contributed by atoms with van der Waals surface area (Å²) in [6.45, 7) is 2.25. The van der Waals surface area contributed by atoms with E-state index in [1.807, 2.05) is 30.4 Å².